The number of benzene rings is 1. The zero-order valence-corrected chi connectivity index (χ0v) is 15.4. The minimum atomic E-state index is -0.0617. The quantitative estimate of drug-likeness (QED) is 0.828. The molecule has 0 bridgehead atoms. The van der Waals surface area contributed by atoms with Crippen LogP contribution in [0.4, 0.5) is 5.69 Å². The second kappa shape index (κ2) is 8.01. The summed E-state index contributed by atoms with van der Waals surface area (Å²) in [6.07, 6.45) is 5.80. The van der Waals surface area contributed by atoms with Crippen LogP contribution in [0.1, 0.15) is 48.2 Å². The van der Waals surface area contributed by atoms with E-state index >= 15 is 0 Å². The van der Waals surface area contributed by atoms with Crippen molar-refractivity contribution in [1.29, 1.82) is 5.26 Å². The first kappa shape index (κ1) is 17.9. The molecule has 2 heterocycles. The van der Waals surface area contributed by atoms with Gasteiger partial charge in [0.2, 0.25) is 0 Å². The summed E-state index contributed by atoms with van der Waals surface area (Å²) >= 11 is 0. The van der Waals surface area contributed by atoms with Gasteiger partial charge in [-0.2, -0.15) is 5.26 Å². The van der Waals surface area contributed by atoms with Crippen LogP contribution in [0.25, 0.3) is 0 Å². The normalized spacial score (nSPS) is 13.7. The summed E-state index contributed by atoms with van der Waals surface area (Å²) in [7, 11) is 0. The van der Waals surface area contributed by atoms with Crippen molar-refractivity contribution >= 4 is 11.6 Å². The number of carbonyl (C=O) groups is 1. The number of aromatic nitrogens is 1. The molecular weight excluding hydrogens is 324 g/mol. The summed E-state index contributed by atoms with van der Waals surface area (Å²) in [6, 6.07) is 11.6. The largest absolute Gasteiger partial charge is 0.370 e. The first-order valence-corrected chi connectivity index (χ1v) is 9.09. The van der Waals surface area contributed by atoms with Crippen molar-refractivity contribution in [3.8, 4) is 6.07 Å². The van der Waals surface area contributed by atoms with Gasteiger partial charge in [-0.05, 0) is 56.5 Å². The highest BCUT2D eigenvalue weighted by Crippen LogP contribution is 2.26. The molecule has 0 N–H and O–H groups in total. The third-order valence-electron chi connectivity index (χ3n) is 4.77. The van der Waals surface area contributed by atoms with Crippen LogP contribution in [-0.2, 0) is 6.54 Å². The fourth-order valence-corrected chi connectivity index (χ4v) is 3.34. The fourth-order valence-electron chi connectivity index (χ4n) is 3.34. The van der Waals surface area contributed by atoms with E-state index in [-0.39, 0.29) is 11.9 Å². The van der Waals surface area contributed by atoms with Crippen LogP contribution >= 0.6 is 0 Å². The lowest BCUT2D eigenvalue weighted by atomic mass is 10.1. The molecule has 5 nitrogen and oxygen atoms in total. The highest BCUT2D eigenvalue weighted by atomic mass is 16.2. The monoisotopic (exact) mass is 348 g/mol. The molecule has 0 saturated carbocycles. The predicted octanol–water partition coefficient (Wildman–Crippen LogP) is 3.60. The van der Waals surface area contributed by atoms with E-state index in [1.807, 2.05) is 43.0 Å². The van der Waals surface area contributed by atoms with Gasteiger partial charge in [0.05, 0.1) is 11.3 Å². The van der Waals surface area contributed by atoms with E-state index in [1.165, 1.54) is 0 Å². The van der Waals surface area contributed by atoms with Crippen molar-refractivity contribution in [3.63, 3.8) is 0 Å². The number of hydrogen-bond donors (Lipinski definition) is 0. The molecule has 1 saturated heterocycles. The molecule has 1 aromatic carbocycles. The molecule has 1 aliphatic rings. The number of nitrogens with zero attached hydrogens (tertiary/aromatic N) is 4. The number of rotatable bonds is 5. The van der Waals surface area contributed by atoms with Crippen LogP contribution in [0, 0.1) is 11.3 Å². The Morgan fingerprint density at radius 2 is 2.08 bits per heavy atom. The third-order valence-corrected chi connectivity index (χ3v) is 4.77. The van der Waals surface area contributed by atoms with Gasteiger partial charge < -0.3 is 9.80 Å². The number of hydrogen-bond acceptors (Lipinski definition) is 4. The molecular formula is C21H24N4O. The Labute approximate surface area is 154 Å². The molecule has 0 aliphatic carbocycles. The fraction of sp³-hybridized carbons (Fsp3) is 0.381. The van der Waals surface area contributed by atoms with E-state index in [4.69, 9.17) is 0 Å². The van der Waals surface area contributed by atoms with Gasteiger partial charge in [0.1, 0.15) is 6.07 Å². The van der Waals surface area contributed by atoms with Crippen molar-refractivity contribution in [2.75, 3.05) is 18.0 Å². The standard InChI is InChI=1S/C21H24N4O/c1-16(2)25(15-17-6-5-9-23-14-17)21(26)18-7-8-20(19(12-18)13-22)24-10-3-4-11-24/h5-9,12,14,16H,3-4,10-11,15H2,1-2H3. The van der Waals surface area contributed by atoms with Crippen LogP contribution < -0.4 is 4.90 Å². The van der Waals surface area contributed by atoms with Crippen molar-refractivity contribution in [2.24, 2.45) is 0 Å². The number of amides is 1. The summed E-state index contributed by atoms with van der Waals surface area (Å²) in [4.78, 5) is 21.2. The predicted molar refractivity (Wildman–Crippen MR) is 102 cm³/mol. The summed E-state index contributed by atoms with van der Waals surface area (Å²) < 4.78 is 0. The van der Waals surface area contributed by atoms with Crippen molar-refractivity contribution < 1.29 is 4.79 Å². The first-order chi connectivity index (χ1) is 12.6. The van der Waals surface area contributed by atoms with Crippen LogP contribution in [0.3, 0.4) is 0 Å². The molecule has 1 aromatic heterocycles. The molecule has 2 aromatic rings. The van der Waals surface area contributed by atoms with E-state index < -0.39 is 0 Å². The minimum absolute atomic E-state index is 0.0477. The smallest absolute Gasteiger partial charge is 0.254 e. The minimum Gasteiger partial charge on any atom is -0.370 e. The van der Waals surface area contributed by atoms with E-state index in [1.54, 1.807) is 18.5 Å². The van der Waals surface area contributed by atoms with Gasteiger partial charge in [-0.1, -0.05) is 6.07 Å². The van der Waals surface area contributed by atoms with Gasteiger partial charge in [-0.25, -0.2) is 0 Å². The summed E-state index contributed by atoms with van der Waals surface area (Å²) in [5.41, 5.74) is 3.05. The Morgan fingerprint density at radius 3 is 2.69 bits per heavy atom. The number of carbonyl (C=O) groups excluding carboxylic acids is 1. The summed E-state index contributed by atoms with van der Waals surface area (Å²) in [5.74, 6) is -0.0617. The van der Waals surface area contributed by atoms with Crippen molar-refractivity contribution in [3.05, 3.63) is 59.4 Å². The Hall–Kier alpha value is -2.87. The van der Waals surface area contributed by atoms with E-state index in [0.29, 0.717) is 17.7 Å². The third kappa shape index (κ3) is 3.85. The van der Waals surface area contributed by atoms with Gasteiger partial charge in [0.15, 0.2) is 0 Å². The van der Waals surface area contributed by atoms with Crippen molar-refractivity contribution in [2.45, 2.75) is 39.3 Å². The highest BCUT2D eigenvalue weighted by molar-refractivity contribution is 5.95. The molecule has 26 heavy (non-hydrogen) atoms. The summed E-state index contributed by atoms with van der Waals surface area (Å²) in [5, 5.41) is 9.56. The lowest BCUT2D eigenvalue weighted by Gasteiger charge is -2.27. The zero-order valence-electron chi connectivity index (χ0n) is 15.4. The maximum atomic E-state index is 13.1. The lowest BCUT2D eigenvalue weighted by molar-refractivity contribution is 0.0690. The SMILES string of the molecule is CC(C)N(Cc1cccnc1)C(=O)c1ccc(N2CCCC2)c(C#N)c1. The maximum Gasteiger partial charge on any atom is 0.254 e. The Kier molecular flexibility index (Phi) is 5.52. The Balaban J connectivity index is 1.86. The molecule has 134 valence electrons. The average Bonchev–Trinajstić information content (AvgIpc) is 3.20. The van der Waals surface area contributed by atoms with E-state index in [0.717, 1.165) is 37.2 Å². The molecule has 1 aliphatic heterocycles. The average molecular weight is 348 g/mol. The van der Waals surface area contributed by atoms with Gasteiger partial charge >= 0.3 is 0 Å². The van der Waals surface area contributed by atoms with Gasteiger partial charge in [-0.3, -0.25) is 9.78 Å². The lowest BCUT2D eigenvalue weighted by Crippen LogP contribution is -2.36. The molecule has 0 unspecified atom stereocenters. The molecule has 1 fully saturated rings. The topological polar surface area (TPSA) is 60.2 Å². The van der Waals surface area contributed by atoms with E-state index in [9.17, 15) is 10.1 Å². The van der Waals surface area contributed by atoms with Crippen LogP contribution in [0.15, 0.2) is 42.7 Å². The van der Waals surface area contributed by atoms with Gasteiger partial charge in [0, 0.05) is 43.6 Å². The number of pyridine rings is 1. The van der Waals surface area contributed by atoms with E-state index in [2.05, 4.69) is 16.0 Å². The van der Waals surface area contributed by atoms with Gasteiger partial charge in [-0.15, -0.1) is 0 Å². The van der Waals surface area contributed by atoms with Crippen molar-refractivity contribution in [1.82, 2.24) is 9.88 Å². The number of nitriles is 1. The van der Waals surface area contributed by atoms with Crippen LogP contribution in [0.2, 0.25) is 0 Å². The molecule has 0 spiro atoms. The number of anilines is 1. The molecule has 5 heteroatoms. The molecule has 0 radical (unpaired) electrons. The molecule has 1 amide bonds. The van der Waals surface area contributed by atoms with Gasteiger partial charge in [0.25, 0.3) is 5.91 Å². The van der Waals surface area contributed by atoms with Crippen LogP contribution in [-0.4, -0.2) is 34.9 Å². The molecule has 0 atom stereocenters. The Bertz CT molecular complexity index is 805. The Morgan fingerprint density at radius 1 is 1.31 bits per heavy atom. The summed E-state index contributed by atoms with van der Waals surface area (Å²) in [6.45, 7) is 6.44. The second-order valence-electron chi connectivity index (χ2n) is 6.93. The maximum absolute atomic E-state index is 13.1. The molecule has 3 rings (SSSR count). The van der Waals surface area contributed by atoms with Crippen LogP contribution in [0.5, 0.6) is 0 Å². The second-order valence-corrected chi connectivity index (χ2v) is 6.93. The first-order valence-electron chi connectivity index (χ1n) is 9.09. The zero-order chi connectivity index (χ0) is 18.5. The highest BCUT2D eigenvalue weighted by Gasteiger charge is 2.22.